The van der Waals surface area contributed by atoms with Gasteiger partial charge in [0.25, 0.3) is 0 Å². The Kier molecular flexibility index (Phi) is 4.10. The fraction of sp³-hybridized carbons (Fsp3) is 0.300. The van der Waals surface area contributed by atoms with Crippen molar-refractivity contribution in [3.8, 4) is 5.75 Å². The Morgan fingerprint density at radius 2 is 2.04 bits per heavy atom. The number of hydrogen-bond donors (Lipinski definition) is 0. The van der Waals surface area contributed by atoms with Crippen LogP contribution < -0.4 is 4.74 Å². The number of ether oxygens (including phenoxy) is 1. The standard InChI is InChI=1S/C20H20BrNO2/c1-13-11-16-17(9-10-22(2)12-19(16)23-13)24-18-8-7-14-5-3-4-6-15(14)20(18)21/h3-8,11,17H,9-10,12H2,1-2H3. The summed E-state index contributed by atoms with van der Waals surface area (Å²) < 4.78 is 13.3. The lowest BCUT2D eigenvalue weighted by Gasteiger charge is -2.19. The number of furan rings is 1. The highest BCUT2D eigenvalue weighted by atomic mass is 79.9. The van der Waals surface area contributed by atoms with Crippen LogP contribution in [-0.2, 0) is 6.54 Å². The largest absolute Gasteiger partial charge is 0.484 e. The third-order valence-electron chi connectivity index (χ3n) is 4.60. The summed E-state index contributed by atoms with van der Waals surface area (Å²) in [5.74, 6) is 2.85. The van der Waals surface area contributed by atoms with E-state index < -0.39 is 0 Å². The van der Waals surface area contributed by atoms with E-state index in [0.29, 0.717) is 0 Å². The van der Waals surface area contributed by atoms with E-state index in [9.17, 15) is 0 Å². The van der Waals surface area contributed by atoms with Gasteiger partial charge in [-0.1, -0.05) is 30.3 Å². The zero-order valence-corrected chi connectivity index (χ0v) is 15.5. The van der Waals surface area contributed by atoms with Gasteiger partial charge < -0.3 is 9.15 Å². The Balaban J connectivity index is 1.71. The topological polar surface area (TPSA) is 25.6 Å². The number of nitrogens with zero attached hydrogens (tertiary/aromatic N) is 1. The summed E-state index contributed by atoms with van der Waals surface area (Å²) in [5.41, 5.74) is 1.18. The molecule has 3 nitrogen and oxygen atoms in total. The maximum Gasteiger partial charge on any atom is 0.135 e. The Morgan fingerprint density at radius 3 is 2.92 bits per heavy atom. The smallest absolute Gasteiger partial charge is 0.135 e. The van der Waals surface area contributed by atoms with Crippen molar-refractivity contribution in [3.05, 3.63) is 64.0 Å². The number of fused-ring (bicyclic) bond motifs is 2. The van der Waals surface area contributed by atoms with Gasteiger partial charge in [0.1, 0.15) is 23.4 Å². The molecule has 0 bridgehead atoms. The molecule has 0 saturated carbocycles. The number of benzene rings is 2. The molecule has 0 spiro atoms. The van der Waals surface area contributed by atoms with Crippen molar-refractivity contribution in [3.63, 3.8) is 0 Å². The van der Waals surface area contributed by atoms with Gasteiger partial charge in [0.15, 0.2) is 0 Å². The van der Waals surface area contributed by atoms with Gasteiger partial charge in [0.05, 0.1) is 11.0 Å². The van der Waals surface area contributed by atoms with Gasteiger partial charge in [0.2, 0.25) is 0 Å². The third-order valence-corrected chi connectivity index (χ3v) is 5.41. The molecule has 0 aliphatic carbocycles. The highest BCUT2D eigenvalue weighted by Crippen LogP contribution is 2.38. The van der Waals surface area contributed by atoms with Gasteiger partial charge in [0, 0.05) is 18.5 Å². The highest BCUT2D eigenvalue weighted by molar-refractivity contribution is 9.10. The highest BCUT2D eigenvalue weighted by Gasteiger charge is 2.26. The molecule has 124 valence electrons. The van der Waals surface area contributed by atoms with Crippen LogP contribution in [0.1, 0.15) is 29.6 Å². The summed E-state index contributed by atoms with van der Waals surface area (Å²) in [6.45, 7) is 3.82. The van der Waals surface area contributed by atoms with Crippen molar-refractivity contribution in [2.45, 2.75) is 26.0 Å². The van der Waals surface area contributed by atoms with Crippen molar-refractivity contribution >= 4 is 26.7 Å². The normalized spacial score (nSPS) is 18.4. The summed E-state index contributed by atoms with van der Waals surface area (Å²) in [6, 6.07) is 14.6. The van der Waals surface area contributed by atoms with Gasteiger partial charge in [-0.25, -0.2) is 0 Å². The second-order valence-electron chi connectivity index (χ2n) is 6.47. The fourth-order valence-corrected chi connectivity index (χ4v) is 3.96. The van der Waals surface area contributed by atoms with E-state index >= 15 is 0 Å². The molecule has 4 rings (SSSR count). The summed E-state index contributed by atoms with van der Waals surface area (Å²) >= 11 is 3.73. The summed E-state index contributed by atoms with van der Waals surface area (Å²) in [6.07, 6.45) is 0.960. The van der Waals surface area contributed by atoms with Crippen LogP contribution in [0.2, 0.25) is 0 Å². The molecular formula is C20H20BrNO2. The SMILES string of the molecule is Cc1cc2c(o1)CN(C)CCC2Oc1ccc2ccccc2c1Br. The minimum Gasteiger partial charge on any atom is -0.484 e. The Labute approximate surface area is 150 Å². The van der Waals surface area contributed by atoms with E-state index in [1.165, 1.54) is 16.3 Å². The van der Waals surface area contributed by atoms with Gasteiger partial charge in [-0.05, 0) is 52.8 Å². The second-order valence-corrected chi connectivity index (χ2v) is 7.26. The number of halogens is 1. The van der Waals surface area contributed by atoms with E-state index in [1.54, 1.807) is 0 Å². The average Bonchev–Trinajstić information content (AvgIpc) is 2.87. The molecule has 1 aliphatic rings. The van der Waals surface area contributed by atoms with Gasteiger partial charge in [-0.15, -0.1) is 0 Å². The van der Waals surface area contributed by atoms with Crippen LogP contribution in [0.4, 0.5) is 0 Å². The van der Waals surface area contributed by atoms with E-state index in [0.717, 1.165) is 41.3 Å². The first-order valence-electron chi connectivity index (χ1n) is 8.23. The molecule has 1 aromatic heterocycles. The number of hydrogen-bond acceptors (Lipinski definition) is 3. The van der Waals surface area contributed by atoms with Crippen LogP contribution in [0.25, 0.3) is 10.8 Å². The maximum absolute atomic E-state index is 6.43. The zero-order valence-electron chi connectivity index (χ0n) is 13.9. The number of rotatable bonds is 2. The molecule has 24 heavy (non-hydrogen) atoms. The van der Waals surface area contributed by atoms with Crippen molar-refractivity contribution in [1.29, 1.82) is 0 Å². The van der Waals surface area contributed by atoms with Gasteiger partial charge >= 0.3 is 0 Å². The Morgan fingerprint density at radius 1 is 1.21 bits per heavy atom. The Bertz CT molecular complexity index is 886. The van der Waals surface area contributed by atoms with Crippen molar-refractivity contribution in [2.24, 2.45) is 0 Å². The third kappa shape index (κ3) is 2.85. The Hall–Kier alpha value is -1.78. The lowest BCUT2D eigenvalue weighted by Crippen LogP contribution is -2.18. The predicted molar refractivity (Wildman–Crippen MR) is 99.4 cm³/mol. The van der Waals surface area contributed by atoms with Crippen LogP contribution in [0.15, 0.2) is 51.4 Å². The van der Waals surface area contributed by atoms with Crippen molar-refractivity contribution in [2.75, 3.05) is 13.6 Å². The lowest BCUT2D eigenvalue weighted by atomic mass is 10.1. The van der Waals surface area contributed by atoms with E-state index in [4.69, 9.17) is 9.15 Å². The molecule has 1 atom stereocenters. The molecule has 2 aromatic carbocycles. The molecule has 3 aromatic rings. The summed E-state index contributed by atoms with van der Waals surface area (Å²) in [7, 11) is 2.12. The summed E-state index contributed by atoms with van der Waals surface area (Å²) in [5, 5.41) is 2.38. The monoisotopic (exact) mass is 385 g/mol. The molecule has 0 N–H and O–H groups in total. The minimum atomic E-state index is 0.0138. The molecule has 2 heterocycles. The average molecular weight is 386 g/mol. The quantitative estimate of drug-likeness (QED) is 0.585. The summed E-state index contributed by atoms with van der Waals surface area (Å²) in [4.78, 5) is 2.28. The predicted octanol–water partition coefficient (Wildman–Crippen LogP) is 5.46. The van der Waals surface area contributed by atoms with Crippen molar-refractivity contribution in [1.82, 2.24) is 4.90 Å². The van der Waals surface area contributed by atoms with Crippen LogP contribution in [0.5, 0.6) is 5.75 Å². The maximum atomic E-state index is 6.43. The van der Waals surface area contributed by atoms with Crippen LogP contribution in [-0.4, -0.2) is 18.5 Å². The van der Waals surface area contributed by atoms with E-state index in [1.807, 2.05) is 13.0 Å². The van der Waals surface area contributed by atoms with E-state index in [2.05, 4.69) is 64.3 Å². The first kappa shape index (κ1) is 15.7. The first-order valence-corrected chi connectivity index (χ1v) is 9.03. The molecule has 1 unspecified atom stereocenters. The van der Waals surface area contributed by atoms with Crippen LogP contribution >= 0.6 is 15.9 Å². The minimum absolute atomic E-state index is 0.0138. The van der Waals surface area contributed by atoms with Crippen LogP contribution in [0, 0.1) is 6.92 Å². The second kappa shape index (κ2) is 6.26. The number of aryl methyl sites for hydroxylation is 1. The van der Waals surface area contributed by atoms with Crippen molar-refractivity contribution < 1.29 is 9.15 Å². The van der Waals surface area contributed by atoms with Gasteiger partial charge in [-0.2, -0.15) is 0 Å². The molecular weight excluding hydrogens is 366 g/mol. The molecule has 0 amide bonds. The molecule has 0 fully saturated rings. The fourth-order valence-electron chi connectivity index (χ4n) is 3.38. The molecule has 0 saturated heterocycles. The lowest BCUT2D eigenvalue weighted by molar-refractivity contribution is 0.181. The van der Waals surface area contributed by atoms with Gasteiger partial charge in [-0.3, -0.25) is 4.90 Å². The first-order chi connectivity index (χ1) is 11.6. The zero-order chi connectivity index (χ0) is 16.7. The molecule has 1 aliphatic heterocycles. The molecule has 4 heteroatoms. The van der Waals surface area contributed by atoms with Crippen LogP contribution in [0.3, 0.4) is 0 Å². The molecule has 0 radical (unpaired) electrons. The van der Waals surface area contributed by atoms with E-state index in [-0.39, 0.29) is 6.10 Å².